The standard InChI is InChI=1S/C44H39BN4O2/c1-7-14-38-36(8-2)37-28-33(23-26-39(37)49(38)35-17-10-9-11-18-35)42-47-40(46-41(48-42)32-20-19-29-15-12-13-16-31(29)27-32)30-21-24-34(25-22-30)45-50-43(3,4)44(5,6)51-45/h7-28H,2H2,1,3-6H3/b14-7-. The molecule has 0 radical (unpaired) electrons. The molecule has 1 saturated heterocycles. The Balaban J connectivity index is 1.27. The molecule has 7 heteroatoms. The SMILES string of the molecule is C=Cc1c(/C=C\C)n(-c2ccccc2)c2ccc(-c3nc(-c4ccc(B5OC(C)(C)C(C)(C)O5)cc4)nc(-c4ccc5ccccc5c4)n3)cc12. The highest BCUT2D eigenvalue weighted by molar-refractivity contribution is 6.62. The molecule has 250 valence electrons. The third kappa shape index (κ3) is 5.78. The zero-order chi connectivity index (χ0) is 35.3. The number of para-hydroxylation sites is 1. The van der Waals surface area contributed by atoms with E-state index in [1.165, 1.54) is 0 Å². The van der Waals surface area contributed by atoms with Gasteiger partial charge in [-0.2, -0.15) is 0 Å². The highest BCUT2D eigenvalue weighted by Gasteiger charge is 2.51. The lowest BCUT2D eigenvalue weighted by atomic mass is 9.79. The van der Waals surface area contributed by atoms with Gasteiger partial charge in [-0.1, -0.05) is 97.6 Å². The van der Waals surface area contributed by atoms with Crippen molar-refractivity contribution in [2.45, 2.75) is 45.8 Å². The van der Waals surface area contributed by atoms with Gasteiger partial charge in [0.05, 0.1) is 22.4 Å². The van der Waals surface area contributed by atoms with E-state index in [9.17, 15) is 0 Å². The molecule has 1 fully saturated rings. The third-order valence-corrected chi connectivity index (χ3v) is 10.2. The summed E-state index contributed by atoms with van der Waals surface area (Å²) in [4.78, 5) is 15.2. The molecule has 0 aliphatic carbocycles. The van der Waals surface area contributed by atoms with Crippen molar-refractivity contribution in [3.63, 3.8) is 0 Å². The summed E-state index contributed by atoms with van der Waals surface area (Å²) in [6.45, 7) is 14.5. The number of benzene rings is 5. The molecule has 0 bridgehead atoms. The molecular formula is C44H39BN4O2. The molecule has 8 rings (SSSR count). The Hall–Kier alpha value is -5.63. The van der Waals surface area contributed by atoms with Gasteiger partial charge in [-0.25, -0.2) is 15.0 Å². The second kappa shape index (κ2) is 12.6. The molecule has 6 nitrogen and oxygen atoms in total. The van der Waals surface area contributed by atoms with E-state index in [-0.39, 0.29) is 0 Å². The van der Waals surface area contributed by atoms with Crippen molar-refractivity contribution in [1.82, 2.24) is 19.5 Å². The van der Waals surface area contributed by atoms with Gasteiger partial charge in [0.25, 0.3) is 0 Å². The Morgan fingerprint density at radius 2 is 1.22 bits per heavy atom. The van der Waals surface area contributed by atoms with Crippen LogP contribution in [-0.2, 0) is 9.31 Å². The van der Waals surface area contributed by atoms with Gasteiger partial charge in [0.15, 0.2) is 17.5 Å². The molecular weight excluding hydrogens is 627 g/mol. The summed E-state index contributed by atoms with van der Waals surface area (Å²) < 4.78 is 14.9. The molecule has 0 atom stereocenters. The second-order valence-electron chi connectivity index (χ2n) is 14.0. The lowest BCUT2D eigenvalue weighted by molar-refractivity contribution is 0.00578. The molecule has 0 unspecified atom stereocenters. The Kier molecular flexibility index (Phi) is 8.05. The van der Waals surface area contributed by atoms with Crippen molar-refractivity contribution < 1.29 is 9.31 Å². The van der Waals surface area contributed by atoms with Crippen LogP contribution in [0.15, 0.2) is 128 Å². The molecule has 0 spiro atoms. The first kappa shape index (κ1) is 32.6. The maximum absolute atomic E-state index is 6.32. The van der Waals surface area contributed by atoms with Gasteiger partial charge in [0.2, 0.25) is 0 Å². The van der Waals surface area contributed by atoms with Crippen LogP contribution < -0.4 is 5.46 Å². The van der Waals surface area contributed by atoms with Gasteiger partial charge in [0, 0.05) is 33.3 Å². The van der Waals surface area contributed by atoms with Crippen molar-refractivity contribution in [3.05, 3.63) is 139 Å². The van der Waals surface area contributed by atoms with Crippen molar-refractivity contribution >= 4 is 46.4 Å². The molecule has 1 aliphatic heterocycles. The average molecular weight is 667 g/mol. The maximum atomic E-state index is 6.32. The summed E-state index contributed by atoms with van der Waals surface area (Å²) in [5, 5.41) is 3.36. The van der Waals surface area contributed by atoms with Crippen LogP contribution in [-0.4, -0.2) is 37.8 Å². The summed E-state index contributed by atoms with van der Waals surface area (Å²) in [6.07, 6.45) is 6.13. The van der Waals surface area contributed by atoms with E-state index in [0.717, 1.165) is 60.8 Å². The fourth-order valence-corrected chi connectivity index (χ4v) is 6.73. The van der Waals surface area contributed by atoms with E-state index < -0.39 is 18.3 Å². The van der Waals surface area contributed by atoms with Gasteiger partial charge >= 0.3 is 7.12 Å². The Morgan fingerprint density at radius 1 is 0.647 bits per heavy atom. The van der Waals surface area contributed by atoms with E-state index in [0.29, 0.717) is 17.5 Å². The van der Waals surface area contributed by atoms with Crippen LogP contribution in [0, 0.1) is 0 Å². The zero-order valence-corrected chi connectivity index (χ0v) is 29.6. The quantitative estimate of drug-likeness (QED) is 0.159. The number of aromatic nitrogens is 4. The lowest BCUT2D eigenvalue weighted by Crippen LogP contribution is -2.41. The number of fused-ring (bicyclic) bond motifs is 2. The van der Waals surface area contributed by atoms with Gasteiger partial charge in [-0.3, -0.25) is 0 Å². The zero-order valence-electron chi connectivity index (χ0n) is 29.6. The first-order valence-corrected chi connectivity index (χ1v) is 17.4. The van der Waals surface area contributed by atoms with E-state index in [2.05, 4.69) is 130 Å². The summed E-state index contributed by atoms with van der Waals surface area (Å²) in [6, 6.07) is 39.6. The summed E-state index contributed by atoms with van der Waals surface area (Å²) in [5.41, 5.74) is 7.08. The van der Waals surface area contributed by atoms with Gasteiger partial charge in [0.1, 0.15) is 0 Å². The van der Waals surface area contributed by atoms with E-state index in [1.807, 2.05) is 49.4 Å². The monoisotopic (exact) mass is 666 g/mol. The van der Waals surface area contributed by atoms with Crippen molar-refractivity contribution in [2.75, 3.05) is 0 Å². The molecule has 0 amide bonds. The number of hydrogen-bond acceptors (Lipinski definition) is 5. The Bertz CT molecular complexity index is 2450. The topological polar surface area (TPSA) is 62.1 Å². The van der Waals surface area contributed by atoms with Crippen LogP contribution in [0.25, 0.3) is 73.7 Å². The van der Waals surface area contributed by atoms with Crippen LogP contribution in [0.3, 0.4) is 0 Å². The Labute approximate surface area is 299 Å². The normalized spacial score (nSPS) is 15.3. The summed E-state index contributed by atoms with van der Waals surface area (Å²) >= 11 is 0. The van der Waals surface area contributed by atoms with Crippen molar-refractivity contribution in [3.8, 4) is 39.9 Å². The van der Waals surface area contributed by atoms with Crippen LogP contribution >= 0.6 is 0 Å². The number of hydrogen-bond donors (Lipinski definition) is 0. The maximum Gasteiger partial charge on any atom is 0.494 e. The first-order valence-electron chi connectivity index (χ1n) is 17.4. The molecule has 0 N–H and O–H groups in total. The highest BCUT2D eigenvalue weighted by Crippen LogP contribution is 2.37. The van der Waals surface area contributed by atoms with Gasteiger partial charge < -0.3 is 13.9 Å². The fraction of sp³-hybridized carbons (Fsp3) is 0.159. The summed E-state index contributed by atoms with van der Waals surface area (Å²) in [7, 11) is -0.451. The van der Waals surface area contributed by atoms with Crippen molar-refractivity contribution in [1.29, 1.82) is 0 Å². The highest BCUT2D eigenvalue weighted by atomic mass is 16.7. The lowest BCUT2D eigenvalue weighted by Gasteiger charge is -2.32. The molecule has 5 aromatic carbocycles. The van der Waals surface area contributed by atoms with E-state index in [1.54, 1.807) is 0 Å². The van der Waals surface area contributed by atoms with Crippen LogP contribution in [0.2, 0.25) is 0 Å². The van der Waals surface area contributed by atoms with Crippen LogP contribution in [0.5, 0.6) is 0 Å². The van der Waals surface area contributed by atoms with Gasteiger partial charge in [-0.15, -0.1) is 0 Å². The molecule has 51 heavy (non-hydrogen) atoms. The van der Waals surface area contributed by atoms with Gasteiger partial charge in [-0.05, 0) is 93.3 Å². The Morgan fingerprint density at radius 3 is 1.86 bits per heavy atom. The predicted molar refractivity (Wildman–Crippen MR) is 211 cm³/mol. The van der Waals surface area contributed by atoms with Crippen LogP contribution in [0.4, 0.5) is 0 Å². The number of rotatable bonds is 7. The van der Waals surface area contributed by atoms with E-state index in [4.69, 9.17) is 24.3 Å². The largest absolute Gasteiger partial charge is 0.494 e. The molecule has 3 heterocycles. The molecule has 7 aromatic rings. The average Bonchev–Trinajstić information content (AvgIpc) is 3.58. The predicted octanol–water partition coefficient (Wildman–Crippen LogP) is 9.94. The molecule has 2 aromatic heterocycles. The minimum absolute atomic E-state index is 0.420. The minimum Gasteiger partial charge on any atom is -0.399 e. The van der Waals surface area contributed by atoms with Crippen LogP contribution in [0.1, 0.15) is 45.9 Å². The van der Waals surface area contributed by atoms with E-state index >= 15 is 0 Å². The molecule has 0 saturated carbocycles. The smallest absolute Gasteiger partial charge is 0.399 e. The number of nitrogens with zero attached hydrogens (tertiary/aromatic N) is 4. The first-order chi connectivity index (χ1) is 24.7. The minimum atomic E-state index is -0.451. The fourth-order valence-electron chi connectivity index (χ4n) is 6.73. The molecule has 1 aliphatic rings. The second-order valence-corrected chi connectivity index (χ2v) is 14.0. The summed E-state index contributed by atoms with van der Waals surface area (Å²) in [5.74, 6) is 1.79. The van der Waals surface area contributed by atoms with Crippen molar-refractivity contribution in [2.24, 2.45) is 0 Å². The number of allylic oxidation sites excluding steroid dienone is 1. The third-order valence-electron chi connectivity index (χ3n) is 10.2.